The van der Waals surface area contributed by atoms with Gasteiger partial charge in [-0.3, -0.25) is 0 Å². The summed E-state index contributed by atoms with van der Waals surface area (Å²) < 4.78 is 6.27. The summed E-state index contributed by atoms with van der Waals surface area (Å²) in [6, 6.07) is 0. The van der Waals surface area contributed by atoms with Gasteiger partial charge in [-0.25, -0.2) is 9.38 Å². The van der Waals surface area contributed by atoms with Crippen molar-refractivity contribution < 1.29 is 0 Å². The van der Waals surface area contributed by atoms with E-state index in [0.29, 0.717) is 0 Å². The molecule has 0 atom stereocenters. The highest BCUT2D eigenvalue weighted by Gasteiger charge is 2.10. The number of halogens is 2. The molecule has 2 rings (SSSR count). The molecule has 1 aromatic heterocycles. The minimum absolute atomic E-state index is 0.828. The Hall–Kier alpha value is 0.130. The Bertz CT molecular complexity index is 484. The minimum Gasteiger partial charge on any atom is -0.246 e. The van der Waals surface area contributed by atoms with Gasteiger partial charge in [-0.05, 0) is 55.8 Å². The third kappa shape index (κ3) is 1.77. The van der Waals surface area contributed by atoms with Crippen molar-refractivity contribution in [3.05, 3.63) is 25.8 Å². The van der Waals surface area contributed by atoms with Crippen molar-refractivity contribution in [3.63, 3.8) is 0 Å². The van der Waals surface area contributed by atoms with Crippen LogP contribution in [0.3, 0.4) is 0 Å². The largest absolute Gasteiger partial charge is 0.246 e. The van der Waals surface area contributed by atoms with E-state index in [1.165, 1.54) is 10.8 Å². The average Bonchev–Trinajstić information content (AvgIpc) is 2.23. The lowest BCUT2D eigenvalue weighted by atomic mass is 10.1. The van der Waals surface area contributed by atoms with Gasteiger partial charge in [0.15, 0.2) is 0 Å². The summed E-state index contributed by atoms with van der Waals surface area (Å²) in [5, 5.41) is 2.18. The van der Waals surface area contributed by atoms with Crippen molar-refractivity contribution in [2.24, 2.45) is 4.40 Å². The van der Waals surface area contributed by atoms with Crippen LogP contribution in [0.4, 0.5) is 0 Å². The number of rotatable bonds is 1. The predicted molar refractivity (Wildman–Crippen MR) is 66.6 cm³/mol. The smallest absolute Gasteiger partial charge is 0.133 e. The number of pyridine rings is 1. The molecule has 0 saturated carbocycles. The average molecular weight is 336 g/mol. The molecule has 0 amide bonds. The maximum atomic E-state index is 4.41. The monoisotopic (exact) mass is 334 g/mol. The first-order valence-corrected chi connectivity index (χ1v) is 6.79. The highest BCUT2D eigenvalue weighted by molar-refractivity contribution is 9.11. The number of fused-ring (bicyclic) bond motifs is 1. The first-order valence-electron chi connectivity index (χ1n) is 4.26. The van der Waals surface area contributed by atoms with Crippen molar-refractivity contribution in [2.45, 2.75) is 13.3 Å². The molecule has 1 aliphatic rings. The molecule has 1 aliphatic heterocycles. The SMILES string of the molecule is CCC1=c2c(Br)cnc(Br)c2=NSC1. The van der Waals surface area contributed by atoms with Gasteiger partial charge in [0.1, 0.15) is 9.96 Å². The summed E-state index contributed by atoms with van der Waals surface area (Å²) in [5.74, 6) is 0.985. The second-order valence-electron chi connectivity index (χ2n) is 2.94. The quantitative estimate of drug-likeness (QED) is 0.582. The molecule has 0 bridgehead atoms. The Labute approximate surface area is 103 Å². The van der Waals surface area contributed by atoms with Crippen LogP contribution in [-0.2, 0) is 0 Å². The standard InChI is InChI=1S/C9H8Br2N2S/c1-2-5-4-14-13-8-7(5)6(10)3-12-9(8)11/h3H,2,4H2,1H3. The maximum absolute atomic E-state index is 4.41. The van der Waals surface area contributed by atoms with Crippen LogP contribution in [0.2, 0.25) is 0 Å². The highest BCUT2D eigenvalue weighted by atomic mass is 79.9. The van der Waals surface area contributed by atoms with E-state index in [4.69, 9.17) is 0 Å². The topological polar surface area (TPSA) is 25.2 Å². The molecule has 2 nitrogen and oxygen atoms in total. The Kier molecular flexibility index (Phi) is 3.29. The van der Waals surface area contributed by atoms with E-state index in [1.807, 2.05) is 6.20 Å². The summed E-state index contributed by atoms with van der Waals surface area (Å²) >= 11 is 8.53. The molecule has 0 aromatic carbocycles. The van der Waals surface area contributed by atoms with Gasteiger partial charge in [0.05, 0.1) is 0 Å². The van der Waals surface area contributed by atoms with E-state index in [2.05, 4.69) is 48.2 Å². The predicted octanol–water partition coefficient (Wildman–Crippen LogP) is 2.45. The lowest BCUT2D eigenvalue weighted by molar-refractivity contribution is 1.12. The lowest BCUT2D eigenvalue weighted by Crippen LogP contribution is -2.33. The van der Waals surface area contributed by atoms with Gasteiger partial charge >= 0.3 is 0 Å². The molecule has 14 heavy (non-hydrogen) atoms. The minimum atomic E-state index is 0.828. The first-order chi connectivity index (χ1) is 6.74. The van der Waals surface area contributed by atoms with Crippen LogP contribution >= 0.6 is 43.8 Å². The van der Waals surface area contributed by atoms with Crippen molar-refractivity contribution in [2.75, 3.05) is 5.75 Å². The molecule has 1 aromatic rings. The number of hydrogen-bond donors (Lipinski definition) is 0. The summed E-state index contributed by atoms with van der Waals surface area (Å²) in [6.45, 7) is 2.17. The molecule has 5 heteroatoms. The van der Waals surface area contributed by atoms with Gasteiger partial charge in [-0.15, -0.1) is 0 Å². The van der Waals surface area contributed by atoms with Gasteiger partial charge in [-0.2, -0.15) is 0 Å². The van der Waals surface area contributed by atoms with E-state index in [9.17, 15) is 0 Å². The molecule has 0 N–H and O–H groups in total. The fourth-order valence-electron chi connectivity index (χ4n) is 1.40. The van der Waals surface area contributed by atoms with E-state index >= 15 is 0 Å². The number of nitrogens with zero attached hydrogens (tertiary/aromatic N) is 2. The molecule has 0 aliphatic carbocycles. The third-order valence-electron chi connectivity index (χ3n) is 2.14. The normalized spacial score (nSPS) is 14.9. The Morgan fingerprint density at radius 3 is 3.00 bits per heavy atom. The lowest BCUT2D eigenvalue weighted by Gasteiger charge is -2.09. The first kappa shape index (κ1) is 10.6. The molecule has 0 unspecified atom stereocenters. The zero-order valence-electron chi connectivity index (χ0n) is 7.55. The van der Waals surface area contributed by atoms with Crippen LogP contribution in [0.5, 0.6) is 0 Å². The van der Waals surface area contributed by atoms with Gasteiger partial charge in [0, 0.05) is 21.6 Å². The zero-order valence-corrected chi connectivity index (χ0v) is 11.5. The van der Waals surface area contributed by atoms with Crippen LogP contribution in [0.1, 0.15) is 13.3 Å². The Morgan fingerprint density at radius 2 is 2.29 bits per heavy atom. The van der Waals surface area contributed by atoms with Crippen molar-refractivity contribution in [1.29, 1.82) is 0 Å². The van der Waals surface area contributed by atoms with Crippen LogP contribution < -0.4 is 10.6 Å². The molecular formula is C9H8Br2N2S. The van der Waals surface area contributed by atoms with Crippen molar-refractivity contribution >= 4 is 49.4 Å². The fourth-order valence-corrected chi connectivity index (χ4v) is 3.35. The summed E-state index contributed by atoms with van der Waals surface area (Å²) in [4.78, 5) is 4.21. The summed E-state index contributed by atoms with van der Waals surface area (Å²) in [6.07, 6.45) is 2.88. The van der Waals surface area contributed by atoms with E-state index in [0.717, 1.165) is 26.6 Å². The fraction of sp³-hybridized carbons (Fsp3) is 0.333. The molecule has 0 radical (unpaired) electrons. The van der Waals surface area contributed by atoms with E-state index in [1.54, 1.807) is 11.9 Å². The molecule has 0 fully saturated rings. The van der Waals surface area contributed by atoms with Crippen LogP contribution in [0.25, 0.3) is 5.57 Å². The summed E-state index contributed by atoms with van der Waals surface area (Å²) in [7, 11) is 0. The molecular weight excluding hydrogens is 328 g/mol. The van der Waals surface area contributed by atoms with Crippen LogP contribution in [0.15, 0.2) is 19.7 Å². The molecule has 74 valence electrons. The molecule has 0 spiro atoms. The second kappa shape index (κ2) is 4.33. The molecule has 2 heterocycles. The third-order valence-corrected chi connectivity index (χ3v) is 4.11. The zero-order chi connectivity index (χ0) is 10.1. The van der Waals surface area contributed by atoms with Gasteiger partial charge < -0.3 is 0 Å². The number of aromatic nitrogens is 1. The maximum Gasteiger partial charge on any atom is 0.133 e. The molecule has 0 saturated heterocycles. The van der Waals surface area contributed by atoms with Crippen molar-refractivity contribution in [1.82, 2.24) is 4.98 Å². The highest BCUT2D eigenvalue weighted by Crippen LogP contribution is 2.16. The Morgan fingerprint density at radius 1 is 1.50 bits per heavy atom. The Balaban J connectivity index is 2.92. The second-order valence-corrected chi connectivity index (χ2v) is 5.28. The van der Waals surface area contributed by atoms with Crippen LogP contribution in [-0.4, -0.2) is 10.7 Å². The van der Waals surface area contributed by atoms with E-state index < -0.39 is 0 Å². The van der Waals surface area contributed by atoms with Gasteiger partial charge in [-0.1, -0.05) is 6.92 Å². The van der Waals surface area contributed by atoms with Gasteiger partial charge in [0.25, 0.3) is 0 Å². The summed E-state index contributed by atoms with van der Waals surface area (Å²) in [5.41, 5.74) is 1.43. The number of hydrogen-bond acceptors (Lipinski definition) is 3. The van der Waals surface area contributed by atoms with Crippen LogP contribution in [0, 0.1) is 0 Å². The van der Waals surface area contributed by atoms with E-state index in [-0.39, 0.29) is 0 Å². The van der Waals surface area contributed by atoms with Crippen molar-refractivity contribution in [3.8, 4) is 0 Å². The van der Waals surface area contributed by atoms with Gasteiger partial charge in [0.2, 0.25) is 0 Å².